The summed E-state index contributed by atoms with van der Waals surface area (Å²) in [5.41, 5.74) is 2.33. The van der Waals surface area contributed by atoms with Crippen molar-refractivity contribution >= 4 is 23.3 Å². The molecule has 2 aliphatic rings. The zero-order chi connectivity index (χ0) is 20.2. The second-order valence-electron chi connectivity index (χ2n) is 8.11. The number of nitrogens with one attached hydrogen (secondary N) is 1. The largest absolute Gasteiger partial charge is 0.311 e. The Morgan fingerprint density at radius 3 is 2.52 bits per heavy atom. The van der Waals surface area contributed by atoms with E-state index in [-0.39, 0.29) is 18.2 Å². The molecule has 0 saturated carbocycles. The number of para-hydroxylation sites is 2. The van der Waals surface area contributed by atoms with Crippen molar-refractivity contribution in [2.24, 2.45) is 5.92 Å². The standard InChI is InChI=1S/C23H22N4O2/c1-15(2)14-26-19-11-7-6-10-17(19)23(22(26)29)12-20(28)25-21-18(23)13-24-27(21)16-8-4-3-5-9-16/h3-11,13,15H,12,14H2,1-2H3,(H,25,28)/t23-/m1/s1. The first kappa shape index (κ1) is 17.7. The fraction of sp³-hybridized carbons (Fsp3) is 0.261. The Balaban J connectivity index is 1.74. The van der Waals surface area contributed by atoms with Crippen LogP contribution in [-0.2, 0) is 15.0 Å². The van der Waals surface area contributed by atoms with Crippen LogP contribution in [-0.4, -0.2) is 28.1 Å². The number of rotatable bonds is 3. The highest BCUT2D eigenvalue weighted by Crippen LogP contribution is 2.52. The van der Waals surface area contributed by atoms with Crippen molar-refractivity contribution in [2.75, 3.05) is 16.8 Å². The third kappa shape index (κ3) is 2.45. The van der Waals surface area contributed by atoms with Crippen LogP contribution in [0.1, 0.15) is 31.4 Å². The van der Waals surface area contributed by atoms with Crippen LogP contribution in [0.2, 0.25) is 0 Å². The molecule has 0 saturated heterocycles. The molecule has 0 fully saturated rings. The molecule has 0 aliphatic carbocycles. The Morgan fingerprint density at radius 1 is 1.03 bits per heavy atom. The van der Waals surface area contributed by atoms with Gasteiger partial charge in [0.15, 0.2) is 0 Å². The smallest absolute Gasteiger partial charge is 0.242 e. The molecule has 6 heteroatoms. The van der Waals surface area contributed by atoms with Crippen LogP contribution in [0.15, 0.2) is 60.8 Å². The second kappa shape index (κ2) is 6.30. The number of nitrogens with zero attached hydrogens (tertiary/aromatic N) is 3. The average molecular weight is 386 g/mol. The molecule has 0 unspecified atom stereocenters. The van der Waals surface area contributed by atoms with Gasteiger partial charge in [-0.25, -0.2) is 4.68 Å². The van der Waals surface area contributed by atoms with Crippen LogP contribution in [0.4, 0.5) is 11.5 Å². The summed E-state index contributed by atoms with van der Waals surface area (Å²) in [7, 11) is 0. The van der Waals surface area contributed by atoms with E-state index in [1.165, 1.54) is 0 Å². The van der Waals surface area contributed by atoms with Crippen LogP contribution in [0, 0.1) is 5.92 Å². The van der Waals surface area contributed by atoms with Gasteiger partial charge in [-0.2, -0.15) is 5.10 Å². The van der Waals surface area contributed by atoms with E-state index in [4.69, 9.17) is 0 Å². The number of hydrogen-bond donors (Lipinski definition) is 1. The van der Waals surface area contributed by atoms with Gasteiger partial charge < -0.3 is 10.2 Å². The van der Waals surface area contributed by atoms with Crippen molar-refractivity contribution in [3.8, 4) is 5.69 Å². The molecule has 2 aromatic carbocycles. The Hall–Kier alpha value is -3.41. The van der Waals surface area contributed by atoms with Gasteiger partial charge in [-0.3, -0.25) is 9.59 Å². The molecule has 1 N–H and O–H groups in total. The topological polar surface area (TPSA) is 67.2 Å². The summed E-state index contributed by atoms with van der Waals surface area (Å²) in [6.45, 7) is 4.79. The molecule has 5 rings (SSSR count). The maximum absolute atomic E-state index is 13.8. The molecule has 1 atom stereocenters. The summed E-state index contributed by atoms with van der Waals surface area (Å²) in [6.07, 6.45) is 1.82. The van der Waals surface area contributed by atoms with E-state index < -0.39 is 5.41 Å². The molecule has 1 aromatic heterocycles. The highest BCUT2D eigenvalue weighted by atomic mass is 16.2. The van der Waals surface area contributed by atoms with Gasteiger partial charge >= 0.3 is 0 Å². The van der Waals surface area contributed by atoms with Gasteiger partial charge in [0.1, 0.15) is 11.2 Å². The Bertz CT molecular complexity index is 1120. The van der Waals surface area contributed by atoms with Crippen LogP contribution in [0.5, 0.6) is 0 Å². The molecule has 29 heavy (non-hydrogen) atoms. The molecular formula is C23H22N4O2. The van der Waals surface area contributed by atoms with E-state index >= 15 is 0 Å². The van der Waals surface area contributed by atoms with Gasteiger partial charge in [0.2, 0.25) is 11.8 Å². The van der Waals surface area contributed by atoms with Gasteiger partial charge in [-0.1, -0.05) is 50.2 Å². The minimum atomic E-state index is -1.03. The highest BCUT2D eigenvalue weighted by molar-refractivity contribution is 6.15. The first-order valence-electron chi connectivity index (χ1n) is 9.87. The third-order valence-corrected chi connectivity index (χ3v) is 5.73. The van der Waals surface area contributed by atoms with Crippen LogP contribution in [0.3, 0.4) is 0 Å². The van der Waals surface area contributed by atoms with Crippen molar-refractivity contribution in [3.63, 3.8) is 0 Å². The highest BCUT2D eigenvalue weighted by Gasteiger charge is 2.57. The Kier molecular flexibility index (Phi) is 3.84. The molecule has 3 heterocycles. The number of amides is 2. The molecule has 6 nitrogen and oxygen atoms in total. The first-order valence-corrected chi connectivity index (χ1v) is 9.87. The van der Waals surface area contributed by atoms with Gasteiger partial charge in [0, 0.05) is 24.2 Å². The minimum Gasteiger partial charge on any atom is -0.311 e. The fourth-order valence-electron chi connectivity index (χ4n) is 4.56. The summed E-state index contributed by atoms with van der Waals surface area (Å²) in [6, 6.07) is 17.4. The number of aromatic nitrogens is 2. The molecule has 1 spiro atoms. The summed E-state index contributed by atoms with van der Waals surface area (Å²) in [4.78, 5) is 28.5. The summed E-state index contributed by atoms with van der Waals surface area (Å²) in [5, 5.41) is 7.50. The predicted molar refractivity (Wildman–Crippen MR) is 111 cm³/mol. The number of hydrogen-bond acceptors (Lipinski definition) is 3. The van der Waals surface area contributed by atoms with E-state index in [1.807, 2.05) is 59.5 Å². The van der Waals surface area contributed by atoms with E-state index in [2.05, 4.69) is 24.3 Å². The zero-order valence-corrected chi connectivity index (χ0v) is 16.4. The molecule has 0 radical (unpaired) electrons. The maximum Gasteiger partial charge on any atom is 0.242 e. The van der Waals surface area contributed by atoms with Gasteiger partial charge in [0.05, 0.1) is 11.9 Å². The van der Waals surface area contributed by atoms with E-state index in [9.17, 15) is 9.59 Å². The van der Waals surface area contributed by atoms with Crippen molar-refractivity contribution in [3.05, 3.63) is 71.9 Å². The summed E-state index contributed by atoms with van der Waals surface area (Å²) in [5.74, 6) is 0.661. The fourth-order valence-corrected chi connectivity index (χ4v) is 4.56. The number of carbonyl (C=O) groups excluding carboxylic acids is 2. The Morgan fingerprint density at radius 2 is 1.76 bits per heavy atom. The maximum atomic E-state index is 13.8. The van der Waals surface area contributed by atoms with Crippen LogP contribution in [0.25, 0.3) is 5.69 Å². The Labute approximate surface area is 169 Å². The van der Waals surface area contributed by atoms with Gasteiger partial charge in [-0.05, 0) is 29.7 Å². The average Bonchev–Trinajstić information content (AvgIpc) is 3.23. The van der Waals surface area contributed by atoms with Crippen molar-refractivity contribution in [2.45, 2.75) is 25.7 Å². The van der Waals surface area contributed by atoms with E-state index in [1.54, 1.807) is 10.9 Å². The van der Waals surface area contributed by atoms with Crippen LogP contribution >= 0.6 is 0 Å². The molecule has 2 aliphatic heterocycles. The minimum absolute atomic E-state index is 0.0453. The number of anilines is 2. The summed E-state index contributed by atoms with van der Waals surface area (Å²) >= 11 is 0. The lowest BCUT2D eigenvalue weighted by molar-refractivity contribution is -0.126. The van der Waals surface area contributed by atoms with Gasteiger partial charge in [-0.15, -0.1) is 0 Å². The lowest BCUT2D eigenvalue weighted by atomic mass is 9.72. The lowest BCUT2D eigenvalue weighted by Gasteiger charge is -2.32. The number of carbonyl (C=O) groups is 2. The van der Waals surface area contributed by atoms with Crippen molar-refractivity contribution < 1.29 is 9.59 Å². The monoisotopic (exact) mass is 386 g/mol. The SMILES string of the molecule is CC(C)CN1C(=O)[C@]2(CC(=O)Nc3c2cnn3-c2ccccc2)c2ccccc21. The first-order chi connectivity index (χ1) is 14.0. The number of benzene rings is 2. The van der Waals surface area contributed by atoms with E-state index in [0.717, 1.165) is 22.5 Å². The predicted octanol–water partition coefficient (Wildman–Crippen LogP) is 3.50. The zero-order valence-electron chi connectivity index (χ0n) is 16.4. The molecule has 2 amide bonds. The van der Waals surface area contributed by atoms with E-state index in [0.29, 0.717) is 18.3 Å². The molecule has 0 bridgehead atoms. The molecular weight excluding hydrogens is 364 g/mol. The third-order valence-electron chi connectivity index (χ3n) is 5.73. The number of fused-ring (bicyclic) bond motifs is 4. The quantitative estimate of drug-likeness (QED) is 0.749. The summed E-state index contributed by atoms with van der Waals surface area (Å²) < 4.78 is 1.70. The van der Waals surface area contributed by atoms with Crippen LogP contribution < -0.4 is 10.2 Å². The molecule has 3 aromatic rings. The normalized spacial score (nSPS) is 20.2. The molecule has 146 valence electrons. The van der Waals surface area contributed by atoms with Crippen molar-refractivity contribution in [1.29, 1.82) is 0 Å². The second-order valence-corrected chi connectivity index (χ2v) is 8.11. The van der Waals surface area contributed by atoms with Gasteiger partial charge in [0.25, 0.3) is 0 Å². The van der Waals surface area contributed by atoms with Crippen molar-refractivity contribution in [1.82, 2.24) is 9.78 Å². The lowest BCUT2D eigenvalue weighted by Crippen LogP contribution is -2.47.